The van der Waals surface area contributed by atoms with E-state index in [1.54, 1.807) is 13.0 Å². The number of carbonyl (C=O) groups excluding carboxylic acids is 2. The number of fused-ring (bicyclic) bond motifs is 2. The summed E-state index contributed by atoms with van der Waals surface area (Å²) in [7, 11) is 0. The van der Waals surface area contributed by atoms with Gasteiger partial charge in [0, 0.05) is 4.88 Å². The van der Waals surface area contributed by atoms with E-state index in [0.29, 0.717) is 10.6 Å². The Bertz CT molecular complexity index is 851. The van der Waals surface area contributed by atoms with Gasteiger partial charge in [-0.1, -0.05) is 24.5 Å². The fourth-order valence-electron chi connectivity index (χ4n) is 5.06. The van der Waals surface area contributed by atoms with Crippen LogP contribution in [0.2, 0.25) is 0 Å². The van der Waals surface area contributed by atoms with Crippen LogP contribution in [0.5, 0.6) is 0 Å². The molecule has 1 aromatic heterocycles. The third-order valence-corrected chi connectivity index (χ3v) is 7.13. The first-order chi connectivity index (χ1) is 13.8. The van der Waals surface area contributed by atoms with E-state index in [1.807, 2.05) is 13.8 Å². The predicted octanol–water partition coefficient (Wildman–Crippen LogP) is 4.51. The maximum Gasteiger partial charge on any atom is 0.341 e. The van der Waals surface area contributed by atoms with Crippen LogP contribution in [0.3, 0.4) is 0 Å². The van der Waals surface area contributed by atoms with Gasteiger partial charge in [0.15, 0.2) is 0 Å². The van der Waals surface area contributed by atoms with Crippen LogP contribution in [0.1, 0.15) is 62.2 Å². The Morgan fingerprint density at radius 2 is 1.83 bits per heavy atom. The van der Waals surface area contributed by atoms with Gasteiger partial charge < -0.3 is 15.2 Å². The second-order valence-electron chi connectivity index (χ2n) is 8.05. The molecule has 158 valence electrons. The molecule has 4 atom stereocenters. The van der Waals surface area contributed by atoms with Gasteiger partial charge >= 0.3 is 11.9 Å². The van der Waals surface area contributed by atoms with Crippen molar-refractivity contribution in [3.05, 3.63) is 27.7 Å². The highest BCUT2D eigenvalue weighted by molar-refractivity contribution is 7.16. The monoisotopic (exact) mass is 419 g/mol. The van der Waals surface area contributed by atoms with Crippen molar-refractivity contribution in [2.75, 3.05) is 11.9 Å². The van der Waals surface area contributed by atoms with Crippen molar-refractivity contribution in [2.24, 2.45) is 23.7 Å². The lowest BCUT2D eigenvalue weighted by Gasteiger charge is -2.26. The van der Waals surface area contributed by atoms with Crippen molar-refractivity contribution in [3.63, 3.8) is 0 Å². The lowest BCUT2D eigenvalue weighted by molar-refractivity contribution is -0.148. The molecule has 1 amide bonds. The maximum atomic E-state index is 13.2. The number of carboxylic acid groups (broad SMARTS) is 1. The molecule has 3 rings (SSSR count). The molecule has 29 heavy (non-hydrogen) atoms. The molecule has 6 nitrogen and oxygen atoms in total. The molecule has 0 radical (unpaired) electrons. The molecule has 0 unspecified atom stereocenters. The lowest BCUT2D eigenvalue weighted by atomic mass is 9.79. The number of ether oxygens (including phenoxy) is 1. The molecule has 1 heterocycles. The van der Waals surface area contributed by atoms with E-state index in [-0.39, 0.29) is 24.3 Å². The Balaban J connectivity index is 1.90. The van der Waals surface area contributed by atoms with Gasteiger partial charge in [-0.3, -0.25) is 9.59 Å². The Kier molecular flexibility index (Phi) is 6.46. The highest BCUT2D eigenvalue weighted by Gasteiger charge is 2.57. The molecule has 2 N–H and O–H groups in total. The minimum absolute atomic E-state index is 0.0350. The number of amides is 1. The van der Waals surface area contributed by atoms with Crippen molar-refractivity contribution in [1.29, 1.82) is 0 Å². The number of carbonyl (C=O) groups is 3. The third kappa shape index (κ3) is 3.97. The minimum Gasteiger partial charge on any atom is -0.481 e. The summed E-state index contributed by atoms with van der Waals surface area (Å²) in [4.78, 5) is 38.6. The Hall–Kier alpha value is -2.15. The topological polar surface area (TPSA) is 92.7 Å². The van der Waals surface area contributed by atoms with Crippen LogP contribution in [-0.2, 0) is 20.7 Å². The molecule has 2 fully saturated rings. The number of rotatable bonds is 7. The van der Waals surface area contributed by atoms with Crippen molar-refractivity contribution < 1.29 is 24.2 Å². The molecule has 7 heteroatoms. The number of thiophene rings is 1. The molecular weight excluding hydrogens is 390 g/mol. The number of allylic oxidation sites excluding steroid dienone is 2. The number of aliphatic carboxylic acids is 1. The molecule has 2 saturated carbocycles. The van der Waals surface area contributed by atoms with Gasteiger partial charge in [0.2, 0.25) is 5.91 Å². The standard InChI is InChI=1S/C22H29NO5S/c1-5-7-12-10-15(22(27)28-6-2)20(29-12)23-19(24)17-13-8-9-14(16(13)11(3)4)18(17)21(25)26/h10,13-14,17-18H,5-9H2,1-4H3,(H,23,24)(H,25,26)/t13-,14-,17+,18+/m0/s1. The summed E-state index contributed by atoms with van der Waals surface area (Å²) in [5.74, 6) is -3.11. The van der Waals surface area contributed by atoms with Crippen LogP contribution >= 0.6 is 11.3 Å². The lowest BCUT2D eigenvalue weighted by Crippen LogP contribution is -2.37. The highest BCUT2D eigenvalue weighted by atomic mass is 32.1. The zero-order valence-corrected chi connectivity index (χ0v) is 18.2. The largest absolute Gasteiger partial charge is 0.481 e. The fraction of sp³-hybridized carbons (Fsp3) is 0.591. The maximum absolute atomic E-state index is 13.2. The predicted molar refractivity (Wildman–Crippen MR) is 112 cm³/mol. The average Bonchev–Trinajstić information content (AvgIpc) is 3.33. The fourth-order valence-corrected chi connectivity index (χ4v) is 6.21. The average molecular weight is 420 g/mol. The van der Waals surface area contributed by atoms with Crippen LogP contribution < -0.4 is 5.32 Å². The van der Waals surface area contributed by atoms with E-state index in [0.717, 1.165) is 41.7 Å². The van der Waals surface area contributed by atoms with E-state index in [2.05, 4.69) is 12.2 Å². The molecular formula is C22H29NO5S. The molecule has 0 saturated heterocycles. The van der Waals surface area contributed by atoms with E-state index < -0.39 is 23.8 Å². The van der Waals surface area contributed by atoms with Gasteiger partial charge in [-0.15, -0.1) is 11.3 Å². The Labute approximate surface area is 175 Å². The molecule has 2 aliphatic rings. The zero-order valence-electron chi connectivity index (χ0n) is 17.4. The Morgan fingerprint density at radius 1 is 1.17 bits per heavy atom. The smallest absolute Gasteiger partial charge is 0.341 e. The SMILES string of the molecule is CCCc1cc(C(=O)OCC)c(NC(=O)[C@H]2[C@H](C(=O)O)[C@H]3CC[C@H]2C3=C(C)C)s1. The highest BCUT2D eigenvalue weighted by Crippen LogP contribution is 2.57. The summed E-state index contributed by atoms with van der Waals surface area (Å²) >= 11 is 1.37. The van der Waals surface area contributed by atoms with E-state index in [4.69, 9.17) is 4.74 Å². The van der Waals surface area contributed by atoms with Crippen LogP contribution in [0, 0.1) is 23.7 Å². The normalized spacial score (nSPS) is 25.2. The first-order valence-corrected chi connectivity index (χ1v) is 11.1. The van der Waals surface area contributed by atoms with Crippen LogP contribution in [-0.4, -0.2) is 29.6 Å². The quantitative estimate of drug-likeness (QED) is 0.501. The summed E-state index contributed by atoms with van der Waals surface area (Å²) in [5, 5.41) is 13.2. The molecule has 2 bridgehead atoms. The number of aryl methyl sites for hydroxylation is 1. The van der Waals surface area contributed by atoms with E-state index in [1.165, 1.54) is 11.3 Å². The van der Waals surface area contributed by atoms with Crippen LogP contribution in [0.15, 0.2) is 17.2 Å². The van der Waals surface area contributed by atoms with Gasteiger partial charge in [0.1, 0.15) is 5.00 Å². The van der Waals surface area contributed by atoms with Crippen molar-refractivity contribution >= 4 is 34.2 Å². The summed E-state index contributed by atoms with van der Waals surface area (Å²) in [6.07, 6.45) is 3.39. The summed E-state index contributed by atoms with van der Waals surface area (Å²) < 4.78 is 5.14. The second-order valence-corrected chi connectivity index (χ2v) is 9.19. The van der Waals surface area contributed by atoms with Crippen molar-refractivity contribution in [1.82, 2.24) is 0 Å². The summed E-state index contributed by atoms with van der Waals surface area (Å²) in [6.45, 7) is 8.03. The number of anilines is 1. The van der Waals surface area contributed by atoms with Crippen LogP contribution in [0.25, 0.3) is 0 Å². The summed E-state index contributed by atoms with van der Waals surface area (Å²) in [5.41, 5.74) is 2.61. The second kappa shape index (κ2) is 8.69. The minimum atomic E-state index is -0.917. The molecule has 1 aromatic rings. The van der Waals surface area contributed by atoms with E-state index in [9.17, 15) is 19.5 Å². The zero-order chi connectivity index (χ0) is 21.3. The molecule has 0 spiro atoms. The Morgan fingerprint density at radius 3 is 2.38 bits per heavy atom. The molecule has 0 aromatic carbocycles. The first kappa shape index (κ1) is 21.6. The van der Waals surface area contributed by atoms with Crippen molar-refractivity contribution in [2.45, 2.75) is 53.4 Å². The van der Waals surface area contributed by atoms with E-state index >= 15 is 0 Å². The first-order valence-electron chi connectivity index (χ1n) is 10.3. The van der Waals surface area contributed by atoms with Gasteiger partial charge in [0.25, 0.3) is 0 Å². The van der Waals surface area contributed by atoms with Gasteiger partial charge in [-0.05, 0) is 57.9 Å². The van der Waals surface area contributed by atoms with Gasteiger partial charge in [-0.25, -0.2) is 4.79 Å². The molecule has 2 aliphatic carbocycles. The molecule has 0 aliphatic heterocycles. The number of hydrogen-bond acceptors (Lipinski definition) is 5. The third-order valence-electron chi connectivity index (χ3n) is 6.02. The summed E-state index contributed by atoms with van der Waals surface area (Å²) in [6, 6.07) is 1.78. The number of carboxylic acids is 1. The van der Waals surface area contributed by atoms with Gasteiger partial charge in [0.05, 0.1) is 24.0 Å². The van der Waals surface area contributed by atoms with Crippen LogP contribution in [0.4, 0.5) is 5.00 Å². The number of nitrogens with one attached hydrogen (secondary N) is 1. The van der Waals surface area contributed by atoms with Gasteiger partial charge in [-0.2, -0.15) is 0 Å². The number of hydrogen-bond donors (Lipinski definition) is 2. The number of esters is 1. The van der Waals surface area contributed by atoms with Crippen molar-refractivity contribution in [3.8, 4) is 0 Å².